The third-order valence-electron chi connectivity index (χ3n) is 2.54. The number of nitro benzene ring substituents is 1. The summed E-state index contributed by atoms with van der Waals surface area (Å²) in [4.78, 5) is 26.5. The highest BCUT2D eigenvalue weighted by atomic mass is 35.5. The second-order valence-electron chi connectivity index (χ2n) is 4.01. The Hall–Kier alpha value is -2.47. The lowest BCUT2D eigenvalue weighted by Gasteiger charge is -2.06. The Morgan fingerprint density at radius 1 is 1.30 bits per heavy atom. The van der Waals surface area contributed by atoms with Gasteiger partial charge in [-0.2, -0.15) is 0 Å². The number of carbonyl (C=O) groups is 1. The first-order chi connectivity index (χ1) is 9.49. The number of nitro groups is 1. The predicted octanol–water partition coefficient (Wildman–Crippen LogP) is 3.20. The molecule has 1 N–H and O–H groups in total. The number of nitrogens with one attached hydrogen (secondary N) is 1. The lowest BCUT2D eigenvalue weighted by atomic mass is 10.1. The first-order valence-corrected chi connectivity index (χ1v) is 6.05. The Kier molecular flexibility index (Phi) is 3.95. The number of hydrogen-bond acceptors (Lipinski definition) is 4. The standard InChI is InChI=1S/C13H10ClN3O3/c1-8-4-2-7-11(15-8)16-13(18)9-5-3-6-10(14)12(9)17(19)20/h2-7H,1H3,(H,15,16,18). The molecule has 6 nitrogen and oxygen atoms in total. The maximum Gasteiger partial charge on any atom is 0.300 e. The molecule has 7 heteroatoms. The first-order valence-electron chi connectivity index (χ1n) is 5.67. The van der Waals surface area contributed by atoms with E-state index in [4.69, 9.17) is 11.6 Å². The van der Waals surface area contributed by atoms with E-state index in [9.17, 15) is 14.9 Å². The third-order valence-corrected chi connectivity index (χ3v) is 2.85. The Labute approximate surface area is 119 Å². The van der Waals surface area contributed by atoms with Crippen LogP contribution in [0.5, 0.6) is 0 Å². The van der Waals surface area contributed by atoms with Crippen molar-refractivity contribution in [2.24, 2.45) is 0 Å². The number of carbonyl (C=O) groups excluding carboxylic acids is 1. The molecule has 2 rings (SSSR count). The van der Waals surface area contributed by atoms with E-state index in [1.54, 1.807) is 25.1 Å². The summed E-state index contributed by atoms with van der Waals surface area (Å²) in [5.41, 5.74) is 0.202. The number of nitrogens with zero attached hydrogens (tertiary/aromatic N) is 2. The molecule has 0 aliphatic heterocycles. The van der Waals surface area contributed by atoms with Crippen molar-refractivity contribution in [2.75, 3.05) is 5.32 Å². The number of aromatic nitrogens is 1. The molecule has 0 fully saturated rings. The van der Waals surface area contributed by atoms with Crippen LogP contribution in [0.1, 0.15) is 16.1 Å². The lowest BCUT2D eigenvalue weighted by Crippen LogP contribution is -2.15. The number of aryl methyl sites for hydroxylation is 1. The zero-order valence-corrected chi connectivity index (χ0v) is 11.2. The normalized spacial score (nSPS) is 10.1. The third kappa shape index (κ3) is 2.92. The Balaban J connectivity index is 2.35. The minimum atomic E-state index is -0.680. The van der Waals surface area contributed by atoms with Gasteiger partial charge in [-0.05, 0) is 31.2 Å². The van der Waals surface area contributed by atoms with Crippen molar-refractivity contribution in [1.29, 1.82) is 0 Å². The maximum atomic E-state index is 12.1. The molecule has 0 atom stereocenters. The molecule has 2 aromatic rings. The number of para-hydroxylation sites is 1. The minimum Gasteiger partial charge on any atom is -0.306 e. The summed E-state index contributed by atoms with van der Waals surface area (Å²) in [6, 6.07) is 9.29. The van der Waals surface area contributed by atoms with Crippen molar-refractivity contribution < 1.29 is 9.72 Å². The van der Waals surface area contributed by atoms with Crippen molar-refractivity contribution in [3.8, 4) is 0 Å². The molecule has 0 saturated heterocycles. The number of benzene rings is 1. The van der Waals surface area contributed by atoms with Gasteiger partial charge >= 0.3 is 5.69 Å². The van der Waals surface area contributed by atoms with Gasteiger partial charge in [0.15, 0.2) is 0 Å². The summed E-state index contributed by atoms with van der Waals surface area (Å²) >= 11 is 5.76. The van der Waals surface area contributed by atoms with Crippen molar-refractivity contribution in [2.45, 2.75) is 6.92 Å². The average Bonchev–Trinajstić information content (AvgIpc) is 2.37. The number of halogens is 1. The van der Waals surface area contributed by atoms with Crippen LogP contribution in [-0.2, 0) is 0 Å². The number of amides is 1. The van der Waals surface area contributed by atoms with Crippen LogP contribution in [-0.4, -0.2) is 15.8 Å². The van der Waals surface area contributed by atoms with Crippen LogP contribution < -0.4 is 5.32 Å². The molecule has 0 saturated carbocycles. The monoisotopic (exact) mass is 291 g/mol. The van der Waals surface area contributed by atoms with Gasteiger partial charge < -0.3 is 5.32 Å². The van der Waals surface area contributed by atoms with Gasteiger partial charge in [0.2, 0.25) is 0 Å². The highest BCUT2D eigenvalue weighted by molar-refractivity contribution is 6.33. The van der Waals surface area contributed by atoms with Gasteiger partial charge in [-0.25, -0.2) is 4.98 Å². The van der Waals surface area contributed by atoms with Crippen LogP contribution in [0.15, 0.2) is 36.4 Å². The predicted molar refractivity (Wildman–Crippen MR) is 75.0 cm³/mol. The highest BCUT2D eigenvalue weighted by Crippen LogP contribution is 2.28. The van der Waals surface area contributed by atoms with Crippen molar-refractivity contribution in [1.82, 2.24) is 4.98 Å². The van der Waals surface area contributed by atoms with Gasteiger partial charge in [-0.3, -0.25) is 14.9 Å². The largest absolute Gasteiger partial charge is 0.306 e. The van der Waals surface area contributed by atoms with E-state index in [1.807, 2.05) is 0 Å². The summed E-state index contributed by atoms with van der Waals surface area (Å²) in [5, 5.41) is 13.4. The molecule has 1 aromatic carbocycles. The second kappa shape index (κ2) is 5.66. The highest BCUT2D eigenvalue weighted by Gasteiger charge is 2.23. The van der Waals surface area contributed by atoms with Crippen LogP contribution in [0.4, 0.5) is 11.5 Å². The zero-order valence-electron chi connectivity index (χ0n) is 10.5. The number of rotatable bonds is 3. The minimum absolute atomic E-state index is 0.0835. The summed E-state index contributed by atoms with van der Waals surface area (Å²) < 4.78 is 0. The average molecular weight is 292 g/mol. The fourth-order valence-corrected chi connectivity index (χ4v) is 1.92. The summed E-state index contributed by atoms with van der Waals surface area (Å²) in [5.74, 6) is -0.304. The Bertz CT molecular complexity index is 688. The Morgan fingerprint density at radius 2 is 2.00 bits per heavy atom. The van der Waals surface area contributed by atoms with E-state index in [0.717, 1.165) is 5.69 Å². The molecule has 1 amide bonds. The zero-order chi connectivity index (χ0) is 14.7. The van der Waals surface area contributed by atoms with Gasteiger partial charge in [0.25, 0.3) is 5.91 Å². The molecule has 20 heavy (non-hydrogen) atoms. The molecule has 1 aromatic heterocycles. The molecular weight excluding hydrogens is 282 g/mol. The molecule has 0 aliphatic rings. The molecular formula is C13H10ClN3O3. The molecule has 102 valence electrons. The van der Waals surface area contributed by atoms with Crippen molar-refractivity contribution in [3.63, 3.8) is 0 Å². The van der Waals surface area contributed by atoms with E-state index >= 15 is 0 Å². The van der Waals surface area contributed by atoms with Gasteiger partial charge in [-0.15, -0.1) is 0 Å². The number of hydrogen-bond donors (Lipinski definition) is 1. The number of pyridine rings is 1. The summed E-state index contributed by atoms with van der Waals surface area (Å²) in [6.45, 7) is 1.78. The van der Waals surface area contributed by atoms with Gasteiger partial charge in [0.05, 0.1) is 4.92 Å². The maximum absolute atomic E-state index is 12.1. The van der Waals surface area contributed by atoms with Gasteiger partial charge in [-0.1, -0.05) is 23.7 Å². The Morgan fingerprint density at radius 3 is 2.65 bits per heavy atom. The SMILES string of the molecule is Cc1cccc(NC(=O)c2cccc(Cl)c2[N+](=O)[O-])n1. The van der Waals surface area contributed by atoms with Crippen LogP contribution in [0.25, 0.3) is 0 Å². The van der Waals surface area contributed by atoms with Gasteiger partial charge in [0.1, 0.15) is 16.4 Å². The van der Waals surface area contributed by atoms with E-state index in [2.05, 4.69) is 10.3 Å². The van der Waals surface area contributed by atoms with Crippen molar-refractivity contribution in [3.05, 3.63) is 62.8 Å². The van der Waals surface area contributed by atoms with Crippen molar-refractivity contribution >= 4 is 29.0 Å². The molecule has 0 unspecified atom stereocenters. The first kappa shape index (κ1) is 14.0. The van der Waals surface area contributed by atoms with E-state index in [1.165, 1.54) is 18.2 Å². The number of anilines is 1. The molecule has 0 spiro atoms. The summed E-state index contributed by atoms with van der Waals surface area (Å²) in [6.07, 6.45) is 0. The van der Waals surface area contributed by atoms with Gasteiger partial charge in [0, 0.05) is 5.69 Å². The molecule has 0 radical (unpaired) electrons. The summed E-state index contributed by atoms with van der Waals surface area (Å²) in [7, 11) is 0. The second-order valence-corrected chi connectivity index (χ2v) is 4.42. The van der Waals surface area contributed by atoms with Crippen LogP contribution >= 0.6 is 11.6 Å². The quantitative estimate of drug-likeness (QED) is 0.695. The molecule has 1 heterocycles. The lowest BCUT2D eigenvalue weighted by molar-refractivity contribution is -0.385. The fraction of sp³-hybridized carbons (Fsp3) is 0.0769. The van der Waals surface area contributed by atoms with E-state index < -0.39 is 16.5 Å². The van der Waals surface area contributed by atoms with E-state index in [-0.39, 0.29) is 10.6 Å². The van der Waals surface area contributed by atoms with Crippen LogP contribution in [0.2, 0.25) is 5.02 Å². The van der Waals surface area contributed by atoms with E-state index in [0.29, 0.717) is 5.82 Å². The smallest absolute Gasteiger partial charge is 0.300 e. The molecule has 0 aliphatic carbocycles. The topological polar surface area (TPSA) is 85.1 Å². The molecule has 0 bridgehead atoms. The fourth-order valence-electron chi connectivity index (χ4n) is 1.68. The van der Waals surface area contributed by atoms with Crippen LogP contribution in [0.3, 0.4) is 0 Å². The van der Waals surface area contributed by atoms with Crippen LogP contribution in [0, 0.1) is 17.0 Å².